The van der Waals surface area contributed by atoms with Crippen molar-refractivity contribution < 1.29 is 0 Å². The molecular formula is C11H19N3. The van der Waals surface area contributed by atoms with Crippen LogP contribution >= 0.6 is 0 Å². The molecule has 0 radical (unpaired) electrons. The van der Waals surface area contributed by atoms with Gasteiger partial charge < -0.3 is 16.8 Å². The van der Waals surface area contributed by atoms with Crippen LogP contribution < -0.4 is 16.8 Å². The molecule has 0 aliphatic rings. The number of benzene rings is 1. The number of hydrogen-bond acceptors (Lipinski definition) is 3. The summed E-state index contributed by atoms with van der Waals surface area (Å²) in [5, 5.41) is 3.32. The van der Waals surface area contributed by atoms with Gasteiger partial charge in [0, 0.05) is 12.2 Å². The van der Waals surface area contributed by atoms with Gasteiger partial charge >= 0.3 is 0 Å². The second-order valence-corrected chi connectivity index (χ2v) is 4.76. The van der Waals surface area contributed by atoms with Gasteiger partial charge in [-0.2, -0.15) is 0 Å². The summed E-state index contributed by atoms with van der Waals surface area (Å²) in [6, 6.07) is 5.62. The first-order valence-corrected chi connectivity index (χ1v) is 4.77. The SMILES string of the molecule is CC(C)(C)CNc1ccc(N)c(N)c1. The van der Waals surface area contributed by atoms with Crippen LogP contribution in [-0.4, -0.2) is 6.54 Å². The molecule has 0 saturated heterocycles. The van der Waals surface area contributed by atoms with Crippen molar-refractivity contribution in [2.24, 2.45) is 5.41 Å². The third-order valence-corrected chi connectivity index (χ3v) is 1.91. The number of nitrogens with two attached hydrogens (primary N) is 2. The summed E-state index contributed by atoms with van der Waals surface area (Å²) in [5.74, 6) is 0. The Morgan fingerprint density at radius 2 is 1.79 bits per heavy atom. The summed E-state index contributed by atoms with van der Waals surface area (Å²) in [6.07, 6.45) is 0. The molecule has 0 spiro atoms. The lowest BCUT2D eigenvalue weighted by Crippen LogP contribution is -2.19. The first-order chi connectivity index (χ1) is 6.38. The highest BCUT2D eigenvalue weighted by Crippen LogP contribution is 2.21. The van der Waals surface area contributed by atoms with Crippen molar-refractivity contribution in [3.05, 3.63) is 18.2 Å². The van der Waals surface area contributed by atoms with E-state index in [0.717, 1.165) is 12.2 Å². The quantitative estimate of drug-likeness (QED) is 0.631. The van der Waals surface area contributed by atoms with Crippen molar-refractivity contribution in [2.45, 2.75) is 20.8 Å². The van der Waals surface area contributed by atoms with Gasteiger partial charge in [0.25, 0.3) is 0 Å². The van der Waals surface area contributed by atoms with E-state index in [4.69, 9.17) is 11.5 Å². The van der Waals surface area contributed by atoms with E-state index in [2.05, 4.69) is 26.1 Å². The molecule has 1 aromatic rings. The van der Waals surface area contributed by atoms with E-state index in [-0.39, 0.29) is 5.41 Å². The molecule has 5 N–H and O–H groups in total. The minimum atomic E-state index is 0.260. The zero-order chi connectivity index (χ0) is 10.8. The van der Waals surface area contributed by atoms with Crippen molar-refractivity contribution in [3.8, 4) is 0 Å². The Morgan fingerprint density at radius 3 is 2.29 bits per heavy atom. The van der Waals surface area contributed by atoms with Gasteiger partial charge in [0.05, 0.1) is 11.4 Å². The lowest BCUT2D eigenvalue weighted by atomic mass is 9.97. The monoisotopic (exact) mass is 193 g/mol. The maximum Gasteiger partial charge on any atom is 0.0568 e. The number of rotatable bonds is 2. The summed E-state index contributed by atoms with van der Waals surface area (Å²) in [4.78, 5) is 0. The Morgan fingerprint density at radius 1 is 1.14 bits per heavy atom. The van der Waals surface area contributed by atoms with Gasteiger partial charge in [-0.15, -0.1) is 0 Å². The standard InChI is InChI=1S/C11H19N3/c1-11(2,3)7-14-8-4-5-9(12)10(13)6-8/h4-6,14H,7,12-13H2,1-3H3. The first kappa shape index (κ1) is 10.7. The predicted octanol–water partition coefficient (Wildman–Crippen LogP) is 2.31. The normalized spacial score (nSPS) is 11.4. The summed E-state index contributed by atoms with van der Waals surface area (Å²) in [5.41, 5.74) is 13.9. The Balaban J connectivity index is 2.65. The molecule has 1 rings (SSSR count). The summed E-state index contributed by atoms with van der Waals surface area (Å²) in [6.45, 7) is 7.46. The molecule has 0 saturated carbocycles. The van der Waals surface area contributed by atoms with Gasteiger partial charge in [-0.05, 0) is 23.6 Å². The number of hydrogen-bond donors (Lipinski definition) is 3. The molecule has 0 atom stereocenters. The fourth-order valence-corrected chi connectivity index (χ4v) is 1.05. The van der Waals surface area contributed by atoms with Crippen LogP contribution in [0.2, 0.25) is 0 Å². The van der Waals surface area contributed by atoms with Crippen molar-refractivity contribution in [2.75, 3.05) is 23.3 Å². The fourth-order valence-electron chi connectivity index (χ4n) is 1.05. The highest BCUT2D eigenvalue weighted by Gasteiger charge is 2.09. The van der Waals surface area contributed by atoms with Crippen molar-refractivity contribution in [1.29, 1.82) is 0 Å². The first-order valence-electron chi connectivity index (χ1n) is 4.77. The van der Waals surface area contributed by atoms with Crippen LogP contribution in [0.5, 0.6) is 0 Å². The van der Waals surface area contributed by atoms with E-state index in [0.29, 0.717) is 11.4 Å². The van der Waals surface area contributed by atoms with Gasteiger partial charge in [0.2, 0.25) is 0 Å². The van der Waals surface area contributed by atoms with Crippen LogP contribution in [0, 0.1) is 5.41 Å². The minimum absolute atomic E-state index is 0.260. The average Bonchev–Trinajstić information content (AvgIpc) is 2.06. The molecule has 14 heavy (non-hydrogen) atoms. The largest absolute Gasteiger partial charge is 0.397 e. The topological polar surface area (TPSA) is 64.1 Å². The van der Waals surface area contributed by atoms with Gasteiger partial charge in [0.1, 0.15) is 0 Å². The molecular weight excluding hydrogens is 174 g/mol. The summed E-state index contributed by atoms with van der Waals surface area (Å²) in [7, 11) is 0. The van der Waals surface area contributed by atoms with Crippen molar-refractivity contribution >= 4 is 17.1 Å². The Bertz CT molecular complexity index is 313. The fraction of sp³-hybridized carbons (Fsp3) is 0.455. The van der Waals surface area contributed by atoms with E-state index in [1.54, 1.807) is 0 Å². The molecule has 0 aromatic heterocycles. The number of nitrogen functional groups attached to an aromatic ring is 2. The number of nitrogens with one attached hydrogen (secondary N) is 1. The predicted molar refractivity (Wildman–Crippen MR) is 63.2 cm³/mol. The molecule has 0 amide bonds. The third kappa shape index (κ3) is 3.17. The molecule has 3 heteroatoms. The van der Waals surface area contributed by atoms with Gasteiger partial charge in [-0.25, -0.2) is 0 Å². The van der Waals surface area contributed by atoms with E-state index in [9.17, 15) is 0 Å². The smallest absolute Gasteiger partial charge is 0.0568 e. The van der Waals surface area contributed by atoms with Crippen LogP contribution in [0.25, 0.3) is 0 Å². The second-order valence-electron chi connectivity index (χ2n) is 4.76. The summed E-state index contributed by atoms with van der Waals surface area (Å²) >= 11 is 0. The molecule has 78 valence electrons. The van der Waals surface area contributed by atoms with Gasteiger partial charge in [-0.1, -0.05) is 20.8 Å². The van der Waals surface area contributed by atoms with Crippen LogP contribution in [0.4, 0.5) is 17.1 Å². The highest BCUT2D eigenvalue weighted by atomic mass is 14.9. The molecule has 1 aromatic carbocycles. The Kier molecular flexibility index (Phi) is 2.89. The summed E-state index contributed by atoms with van der Waals surface area (Å²) < 4.78 is 0. The molecule has 3 nitrogen and oxygen atoms in total. The Labute approximate surface area is 85.5 Å². The average molecular weight is 193 g/mol. The zero-order valence-corrected chi connectivity index (χ0v) is 9.09. The third-order valence-electron chi connectivity index (χ3n) is 1.91. The van der Waals surface area contributed by atoms with Crippen molar-refractivity contribution in [3.63, 3.8) is 0 Å². The molecule has 0 heterocycles. The minimum Gasteiger partial charge on any atom is -0.397 e. The Hall–Kier alpha value is -1.38. The molecule has 0 aliphatic heterocycles. The lowest BCUT2D eigenvalue weighted by Gasteiger charge is -2.19. The van der Waals surface area contributed by atoms with Crippen LogP contribution in [0.15, 0.2) is 18.2 Å². The van der Waals surface area contributed by atoms with Crippen LogP contribution in [0.3, 0.4) is 0 Å². The highest BCUT2D eigenvalue weighted by molar-refractivity contribution is 5.69. The molecule has 0 unspecified atom stereocenters. The lowest BCUT2D eigenvalue weighted by molar-refractivity contribution is 0.443. The van der Waals surface area contributed by atoms with E-state index < -0.39 is 0 Å². The maximum absolute atomic E-state index is 5.69. The maximum atomic E-state index is 5.69. The van der Waals surface area contributed by atoms with Crippen LogP contribution in [0.1, 0.15) is 20.8 Å². The van der Waals surface area contributed by atoms with Crippen LogP contribution in [-0.2, 0) is 0 Å². The molecule has 0 bridgehead atoms. The van der Waals surface area contributed by atoms with E-state index in [1.807, 2.05) is 18.2 Å². The zero-order valence-electron chi connectivity index (χ0n) is 9.09. The second kappa shape index (κ2) is 3.78. The molecule has 0 aliphatic carbocycles. The van der Waals surface area contributed by atoms with E-state index >= 15 is 0 Å². The van der Waals surface area contributed by atoms with Crippen molar-refractivity contribution in [1.82, 2.24) is 0 Å². The van der Waals surface area contributed by atoms with E-state index in [1.165, 1.54) is 0 Å². The van der Waals surface area contributed by atoms with Gasteiger partial charge in [0.15, 0.2) is 0 Å². The number of anilines is 3. The molecule has 0 fully saturated rings. The van der Waals surface area contributed by atoms with Gasteiger partial charge in [-0.3, -0.25) is 0 Å².